The lowest BCUT2D eigenvalue weighted by molar-refractivity contribution is -0.137. The van der Waals surface area contributed by atoms with E-state index < -0.39 is 29.0 Å². The fraction of sp³-hybridized carbons (Fsp3) is 0.231. The Kier molecular flexibility index (Phi) is 6.76. The molecule has 0 radical (unpaired) electrons. The number of fused-ring (bicyclic) bond motifs is 1. The fourth-order valence-corrected chi connectivity index (χ4v) is 4.43. The first-order valence-corrected chi connectivity index (χ1v) is 11.6. The van der Waals surface area contributed by atoms with Crippen molar-refractivity contribution in [2.24, 2.45) is 0 Å². The van der Waals surface area contributed by atoms with E-state index in [0.29, 0.717) is 12.1 Å². The highest BCUT2D eigenvalue weighted by molar-refractivity contribution is 5.43. The van der Waals surface area contributed by atoms with Gasteiger partial charge in [0.2, 0.25) is 0 Å². The van der Waals surface area contributed by atoms with Crippen molar-refractivity contribution in [2.45, 2.75) is 30.9 Å². The second-order valence-corrected chi connectivity index (χ2v) is 9.12. The number of rotatable bonds is 8. The number of hydrazine groups is 1. The lowest BCUT2D eigenvalue weighted by Crippen LogP contribution is -2.47. The van der Waals surface area contributed by atoms with E-state index >= 15 is 0 Å². The van der Waals surface area contributed by atoms with Gasteiger partial charge in [0, 0.05) is 30.1 Å². The minimum absolute atomic E-state index is 0.0885. The van der Waals surface area contributed by atoms with Crippen molar-refractivity contribution in [1.29, 1.82) is 0 Å². The van der Waals surface area contributed by atoms with E-state index in [1.807, 2.05) is 18.2 Å². The smallest absolute Gasteiger partial charge is 0.381 e. The zero-order valence-corrected chi connectivity index (χ0v) is 19.8. The summed E-state index contributed by atoms with van der Waals surface area (Å²) in [4.78, 5) is 3.86. The maximum absolute atomic E-state index is 14.7. The van der Waals surface area contributed by atoms with E-state index in [1.54, 1.807) is 11.2 Å². The summed E-state index contributed by atoms with van der Waals surface area (Å²) >= 11 is 0. The van der Waals surface area contributed by atoms with Gasteiger partial charge in [0.15, 0.2) is 0 Å². The summed E-state index contributed by atoms with van der Waals surface area (Å²) < 4.78 is 68.0. The molecule has 38 heavy (non-hydrogen) atoms. The summed E-state index contributed by atoms with van der Waals surface area (Å²) in [5, 5.41) is 20.4. The third kappa shape index (κ3) is 5.60. The van der Waals surface area contributed by atoms with Gasteiger partial charge in [0.1, 0.15) is 29.9 Å². The SMILES string of the molecule is OC(CN1C=C2C=C(NCc3ccc(C(F)(F)F)cc3)C=CC2N1)(Cn1cncn1)c1ccc(F)cc1F. The Labute approximate surface area is 214 Å². The molecule has 1 aliphatic heterocycles. The Morgan fingerprint density at radius 1 is 1.05 bits per heavy atom. The molecule has 2 unspecified atom stereocenters. The first-order valence-electron chi connectivity index (χ1n) is 11.6. The van der Waals surface area contributed by atoms with Crippen molar-refractivity contribution in [3.05, 3.63) is 119 Å². The standard InChI is InChI=1S/C26H23F5N6O/c27-20-5-7-22(23(28)10-20)25(38,14-37-16-32-15-34-37)13-36-12-18-9-21(6-8-24(18)35-36)33-11-17-1-3-19(4-2-17)26(29,30)31/h1-10,12,15-16,24,33,35,38H,11,13-14H2. The number of β-amino-alcohol motifs (C(OH)–C–C–N with tert-alkyl or cyclic N) is 1. The van der Waals surface area contributed by atoms with Gasteiger partial charge in [0.05, 0.1) is 24.7 Å². The van der Waals surface area contributed by atoms with Gasteiger partial charge in [-0.25, -0.2) is 23.9 Å². The highest BCUT2D eigenvalue weighted by atomic mass is 19.4. The van der Waals surface area contributed by atoms with Crippen molar-refractivity contribution in [3.8, 4) is 0 Å². The molecular formula is C26H23F5N6O. The molecule has 1 aromatic heterocycles. The van der Waals surface area contributed by atoms with Crippen LogP contribution in [0.15, 0.2) is 90.8 Å². The first kappa shape index (κ1) is 25.6. The lowest BCUT2D eigenvalue weighted by Gasteiger charge is -2.33. The molecule has 0 saturated carbocycles. The first-order chi connectivity index (χ1) is 18.1. The number of benzene rings is 2. The van der Waals surface area contributed by atoms with Crippen LogP contribution in [0.1, 0.15) is 16.7 Å². The maximum Gasteiger partial charge on any atom is 0.416 e. The van der Waals surface area contributed by atoms with E-state index in [0.717, 1.165) is 35.5 Å². The molecule has 1 aliphatic carbocycles. The van der Waals surface area contributed by atoms with Crippen LogP contribution in [0, 0.1) is 11.6 Å². The minimum atomic E-state index is -4.38. The normalized spacial score (nSPS) is 18.6. The number of aliphatic hydroxyl groups is 1. The van der Waals surface area contributed by atoms with Gasteiger partial charge in [-0.2, -0.15) is 18.3 Å². The summed E-state index contributed by atoms with van der Waals surface area (Å²) in [6.07, 6.45) is 5.66. The van der Waals surface area contributed by atoms with E-state index in [-0.39, 0.29) is 24.7 Å². The fourth-order valence-electron chi connectivity index (χ4n) is 4.43. The molecule has 2 heterocycles. The van der Waals surface area contributed by atoms with Gasteiger partial charge >= 0.3 is 6.18 Å². The monoisotopic (exact) mass is 530 g/mol. The maximum atomic E-state index is 14.7. The van der Waals surface area contributed by atoms with E-state index in [1.165, 1.54) is 35.5 Å². The molecule has 2 aliphatic rings. The second-order valence-electron chi connectivity index (χ2n) is 9.12. The molecular weight excluding hydrogens is 507 g/mol. The summed E-state index contributed by atoms with van der Waals surface area (Å²) in [6, 6.07) is 7.75. The van der Waals surface area contributed by atoms with Crippen molar-refractivity contribution in [1.82, 2.24) is 30.5 Å². The zero-order valence-electron chi connectivity index (χ0n) is 19.8. The Balaban J connectivity index is 1.30. The van der Waals surface area contributed by atoms with Crippen molar-refractivity contribution >= 4 is 0 Å². The number of nitrogens with zero attached hydrogens (tertiary/aromatic N) is 4. The van der Waals surface area contributed by atoms with Crippen LogP contribution in [-0.2, 0) is 24.9 Å². The van der Waals surface area contributed by atoms with E-state index in [9.17, 15) is 27.1 Å². The van der Waals surface area contributed by atoms with Crippen LogP contribution in [-0.4, -0.2) is 37.5 Å². The minimum Gasteiger partial charge on any atom is -0.381 e. The molecule has 7 nitrogen and oxygen atoms in total. The summed E-state index contributed by atoms with van der Waals surface area (Å²) in [6.45, 7) is 0.101. The molecule has 12 heteroatoms. The van der Waals surface area contributed by atoms with Crippen LogP contribution in [0.25, 0.3) is 0 Å². The summed E-state index contributed by atoms with van der Waals surface area (Å²) in [5.74, 6) is -1.64. The van der Waals surface area contributed by atoms with Crippen molar-refractivity contribution < 1.29 is 27.1 Å². The lowest BCUT2D eigenvalue weighted by atomic mass is 9.92. The van der Waals surface area contributed by atoms with Crippen molar-refractivity contribution in [3.63, 3.8) is 0 Å². The van der Waals surface area contributed by atoms with Crippen LogP contribution in [0.3, 0.4) is 0 Å². The number of aromatic nitrogens is 3. The summed E-state index contributed by atoms with van der Waals surface area (Å²) in [5.41, 5.74) is 2.92. The van der Waals surface area contributed by atoms with E-state index in [2.05, 4.69) is 20.8 Å². The number of hydrogen-bond acceptors (Lipinski definition) is 6. The third-order valence-corrected chi connectivity index (χ3v) is 6.29. The van der Waals surface area contributed by atoms with Crippen LogP contribution in [0.4, 0.5) is 22.0 Å². The number of allylic oxidation sites excluding steroid dienone is 1. The van der Waals surface area contributed by atoms with Crippen LogP contribution in [0.5, 0.6) is 0 Å². The largest absolute Gasteiger partial charge is 0.416 e. The average molecular weight is 531 g/mol. The number of hydrogen-bond donors (Lipinski definition) is 3. The van der Waals surface area contributed by atoms with Crippen molar-refractivity contribution in [2.75, 3.05) is 6.54 Å². The topological polar surface area (TPSA) is 78.2 Å². The Bertz CT molecular complexity index is 1380. The number of alkyl halides is 3. The molecule has 0 bridgehead atoms. The van der Waals surface area contributed by atoms with Gasteiger partial charge in [-0.05, 0) is 41.5 Å². The predicted molar refractivity (Wildman–Crippen MR) is 127 cm³/mol. The van der Waals surface area contributed by atoms with Gasteiger partial charge in [-0.3, -0.25) is 0 Å². The second kappa shape index (κ2) is 10.0. The summed E-state index contributed by atoms with van der Waals surface area (Å²) in [7, 11) is 0. The third-order valence-electron chi connectivity index (χ3n) is 6.29. The quantitative estimate of drug-likeness (QED) is 0.385. The van der Waals surface area contributed by atoms with Crippen LogP contribution >= 0.6 is 0 Å². The average Bonchev–Trinajstić information content (AvgIpc) is 3.51. The molecule has 2 aromatic carbocycles. The molecule has 2 atom stereocenters. The van der Waals surface area contributed by atoms with E-state index in [4.69, 9.17) is 0 Å². The molecule has 0 saturated heterocycles. The van der Waals surface area contributed by atoms with Gasteiger partial charge in [-0.1, -0.05) is 24.3 Å². The Morgan fingerprint density at radius 3 is 2.53 bits per heavy atom. The highest BCUT2D eigenvalue weighted by Gasteiger charge is 2.37. The van der Waals surface area contributed by atoms with Gasteiger partial charge in [-0.15, -0.1) is 0 Å². The zero-order chi connectivity index (χ0) is 26.9. The van der Waals surface area contributed by atoms with Crippen LogP contribution < -0.4 is 10.7 Å². The molecule has 3 aromatic rings. The molecule has 0 amide bonds. The molecule has 0 fully saturated rings. The molecule has 0 spiro atoms. The highest BCUT2D eigenvalue weighted by Crippen LogP contribution is 2.31. The molecule has 5 rings (SSSR count). The molecule has 198 valence electrons. The van der Waals surface area contributed by atoms with Crippen LogP contribution in [0.2, 0.25) is 0 Å². The Morgan fingerprint density at radius 2 is 1.84 bits per heavy atom. The predicted octanol–water partition coefficient (Wildman–Crippen LogP) is 3.78. The number of nitrogens with one attached hydrogen (secondary N) is 2. The number of halogens is 5. The molecule has 3 N–H and O–H groups in total. The van der Waals surface area contributed by atoms with Gasteiger partial charge in [0.25, 0.3) is 0 Å². The van der Waals surface area contributed by atoms with Gasteiger partial charge < -0.3 is 15.4 Å². The Hall–Kier alpha value is -4.03.